The first kappa shape index (κ1) is 45.2. The summed E-state index contributed by atoms with van der Waals surface area (Å²) in [5.41, 5.74) is 0.754. The molecule has 0 saturated carbocycles. The zero-order valence-corrected chi connectivity index (χ0v) is 34.5. The largest absolute Gasteiger partial charge is 0.493 e. The molecule has 2 aromatic carbocycles. The van der Waals surface area contributed by atoms with Gasteiger partial charge in [0.15, 0.2) is 17.6 Å². The van der Waals surface area contributed by atoms with Crippen LogP contribution < -0.4 is 9.47 Å². The predicted octanol–water partition coefficient (Wildman–Crippen LogP) is 9.81. The first-order chi connectivity index (χ1) is 27.9. The van der Waals surface area contributed by atoms with Gasteiger partial charge >= 0.3 is 18.1 Å². The summed E-state index contributed by atoms with van der Waals surface area (Å²) in [6.45, 7) is 3.04. The fourth-order valence-corrected chi connectivity index (χ4v) is 9.47. The lowest BCUT2D eigenvalue weighted by molar-refractivity contribution is -0.176. The Morgan fingerprint density at radius 3 is 2.09 bits per heavy atom. The first-order valence-electron chi connectivity index (χ1n) is 21.4. The van der Waals surface area contributed by atoms with E-state index in [0.29, 0.717) is 42.1 Å². The maximum absolute atomic E-state index is 14.0. The molecule has 2 aliphatic carbocycles. The summed E-state index contributed by atoms with van der Waals surface area (Å²) in [5.74, 6) is 0.489. The molecule has 2 bridgehead atoms. The second-order valence-electron chi connectivity index (χ2n) is 16.3. The maximum atomic E-state index is 14.0. The van der Waals surface area contributed by atoms with E-state index in [1.807, 2.05) is 24.3 Å². The van der Waals surface area contributed by atoms with Gasteiger partial charge in [0.1, 0.15) is 5.76 Å². The Labute approximate surface area is 341 Å². The monoisotopic (exact) mass is 813 g/mol. The van der Waals surface area contributed by atoms with E-state index in [1.54, 1.807) is 25.3 Å². The number of carbonyl (C=O) groups excluding carboxylic acids is 3. The molecule has 58 heavy (non-hydrogen) atoms. The molecule has 2 aromatic rings. The number of alkyl halides is 3. The van der Waals surface area contributed by atoms with Crippen LogP contribution >= 0.6 is 0 Å². The minimum atomic E-state index is -4.64. The van der Waals surface area contributed by atoms with E-state index < -0.39 is 47.6 Å². The Kier molecular flexibility index (Phi) is 16.3. The Morgan fingerprint density at radius 1 is 0.931 bits per heavy atom. The molecule has 0 amide bonds. The molecule has 12 heteroatoms. The number of aldehydes is 1. The highest BCUT2D eigenvalue weighted by Crippen LogP contribution is 2.65. The van der Waals surface area contributed by atoms with Gasteiger partial charge in [-0.05, 0) is 50.6 Å². The van der Waals surface area contributed by atoms with E-state index in [2.05, 4.69) is 24.9 Å². The Balaban J connectivity index is 0.000000992. The van der Waals surface area contributed by atoms with Crippen molar-refractivity contribution in [2.24, 2.45) is 0 Å². The minimum absolute atomic E-state index is 0.106. The molecule has 0 aromatic heterocycles. The van der Waals surface area contributed by atoms with Crippen molar-refractivity contribution in [2.75, 3.05) is 20.7 Å². The van der Waals surface area contributed by atoms with Crippen molar-refractivity contribution in [3.05, 3.63) is 71.0 Å². The zero-order chi connectivity index (χ0) is 41.8. The second kappa shape index (κ2) is 20.9. The minimum Gasteiger partial charge on any atom is -0.493 e. The molecule has 2 aliphatic heterocycles. The number of piperidine rings is 1. The zero-order valence-electron chi connectivity index (χ0n) is 34.5. The van der Waals surface area contributed by atoms with Crippen molar-refractivity contribution in [1.29, 1.82) is 0 Å². The SMILES string of the molecule is CCCCCCCCCCCCCCCCCC(=O)O[C@H](C(=O)OC1=CC[C@@]2(O)[C@H]3Cc4ccc(OC)c5c4[C@@]2(CCN3C)[C@H]1O5)c1ccccc1.O=CC(F)(F)F. The number of halogens is 3. The summed E-state index contributed by atoms with van der Waals surface area (Å²) in [7, 11) is 3.68. The number of rotatable bonds is 21. The number of benzene rings is 2. The quantitative estimate of drug-likeness (QED) is 0.0748. The summed E-state index contributed by atoms with van der Waals surface area (Å²) < 4.78 is 55.7. The van der Waals surface area contributed by atoms with Gasteiger partial charge in [-0.2, -0.15) is 13.2 Å². The number of esters is 2. The lowest BCUT2D eigenvalue weighted by Crippen LogP contribution is -2.74. The lowest BCUT2D eigenvalue weighted by atomic mass is 9.50. The van der Waals surface area contributed by atoms with Gasteiger partial charge in [-0.25, -0.2) is 4.79 Å². The van der Waals surface area contributed by atoms with E-state index in [-0.39, 0.29) is 12.5 Å². The number of nitrogens with zero attached hydrogens (tertiary/aromatic N) is 1. The number of carbonyl (C=O) groups is 3. The molecule has 1 saturated heterocycles. The van der Waals surface area contributed by atoms with E-state index in [0.717, 1.165) is 36.9 Å². The summed E-state index contributed by atoms with van der Waals surface area (Å²) in [5, 5.41) is 12.5. The lowest BCUT2D eigenvalue weighted by Gasteiger charge is -2.61. The number of ether oxygens (including phenoxy) is 4. The van der Waals surface area contributed by atoms with Crippen LogP contribution in [-0.4, -0.2) is 72.9 Å². The van der Waals surface area contributed by atoms with Crippen LogP contribution in [0.2, 0.25) is 0 Å². The van der Waals surface area contributed by atoms with Gasteiger partial charge in [0.25, 0.3) is 0 Å². The number of aliphatic hydroxyl groups is 1. The maximum Gasteiger partial charge on any atom is 0.446 e. The van der Waals surface area contributed by atoms with Crippen LogP contribution in [0.3, 0.4) is 0 Å². The topological polar surface area (TPSA) is 112 Å². The third-order valence-corrected chi connectivity index (χ3v) is 12.5. The molecule has 0 radical (unpaired) electrons. The third-order valence-electron chi connectivity index (χ3n) is 12.5. The number of likely N-dealkylation sites (N-methyl/N-ethyl adjacent to an activating group) is 1. The number of unbranched alkanes of at least 4 members (excludes halogenated alkanes) is 14. The first-order valence-corrected chi connectivity index (χ1v) is 21.4. The van der Waals surface area contributed by atoms with Crippen LogP contribution in [-0.2, 0) is 35.7 Å². The molecular formula is C46H62F3NO8. The molecule has 320 valence electrons. The standard InChI is InChI=1S/C44H61NO7.C2HF3O/c1-4-5-6-7-8-9-10-11-12-13-14-15-16-17-21-24-37(46)51-39(32-22-19-18-20-23-32)42(47)50-35-27-28-44(48)36-31-33-25-26-34(49-3)40-38(33)43(44,41(35)52-40)29-30-45(36)2;3-2(4,5)1-6/h18-20,22-23,25-27,36,39,41,48H,4-17,21,24,28-31H2,1-3H3;1H/t36-,39+,41+,43+,44-;/m1./s1. The third kappa shape index (κ3) is 10.4. The predicted molar refractivity (Wildman–Crippen MR) is 215 cm³/mol. The summed E-state index contributed by atoms with van der Waals surface area (Å²) in [6, 6.07) is 12.9. The average Bonchev–Trinajstić information content (AvgIpc) is 3.57. The van der Waals surface area contributed by atoms with E-state index >= 15 is 0 Å². The highest BCUT2D eigenvalue weighted by atomic mass is 19.4. The molecule has 0 unspecified atom stereocenters. The van der Waals surface area contributed by atoms with Gasteiger partial charge in [-0.3, -0.25) is 9.59 Å². The van der Waals surface area contributed by atoms with Gasteiger partial charge in [-0.15, -0.1) is 0 Å². The van der Waals surface area contributed by atoms with Gasteiger partial charge in [-0.1, -0.05) is 133 Å². The average molecular weight is 814 g/mol. The Hall–Kier alpha value is -3.90. The van der Waals surface area contributed by atoms with Crippen LogP contribution in [0.25, 0.3) is 0 Å². The smallest absolute Gasteiger partial charge is 0.446 e. The van der Waals surface area contributed by atoms with Crippen molar-refractivity contribution in [3.63, 3.8) is 0 Å². The fourth-order valence-electron chi connectivity index (χ4n) is 9.47. The van der Waals surface area contributed by atoms with Crippen molar-refractivity contribution in [3.8, 4) is 11.5 Å². The molecule has 1 fully saturated rings. The van der Waals surface area contributed by atoms with Crippen molar-refractivity contribution in [2.45, 2.75) is 164 Å². The Bertz CT molecular complexity index is 1700. The number of methoxy groups -OCH3 is 1. The number of hydrogen-bond acceptors (Lipinski definition) is 9. The van der Waals surface area contributed by atoms with Gasteiger partial charge in [0.05, 0.1) is 18.1 Å². The molecule has 1 N–H and O–H groups in total. The van der Waals surface area contributed by atoms with Gasteiger partial charge < -0.3 is 29.0 Å². The van der Waals surface area contributed by atoms with Crippen LogP contribution in [0, 0.1) is 0 Å². The number of likely N-dealkylation sites (tertiary alicyclic amines) is 1. The molecule has 1 spiro atoms. The summed E-state index contributed by atoms with van der Waals surface area (Å²) in [4.78, 5) is 38.1. The summed E-state index contributed by atoms with van der Waals surface area (Å²) in [6.07, 6.45) is 14.9. The second-order valence-corrected chi connectivity index (χ2v) is 16.3. The molecule has 5 atom stereocenters. The highest BCUT2D eigenvalue weighted by Gasteiger charge is 2.72. The van der Waals surface area contributed by atoms with Crippen molar-refractivity contribution in [1.82, 2.24) is 4.90 Å². The van der Waals surface area contributed by atoms with Crippen molar-refractivity contribution < 1.29 is 51.6 Å². The normalized spacial score (nSPS) is 23.3. The van der Waals surface area contributed by atoms with Crippen LogP contribution in [0.4, 0.5) is 13.2 Å². The van der Waals surface area contributed by atoms with E-state index in [4.69, 9.17) is 23.7 Å². The van der Waals surface area contributed by atoms with Crippen molar-refractivity contribution >= 4 is 18.2 Å². The van der Waals surface area contributed by atoms with Gasteiger partial charge in [0.2, 0.25) is 12.4 Å². The molecule has 4 aliphatic rings. The summed E-state index contributed by atoms with van der Waals surface area (Å²) >= 11 is 0. The molecule has 9 nitrogen and oxygen atoms in total. The van der Waals surface area contributed by atoms with Crippen LogP contribution in [0.15, 0.2) is 54.3 Å². The highest BCUT2D eigenvalue weighted by molar-refractivity contribution is 5.82. The molecule has 2 heterocycles. The van der Waals surface area contributed by atoms with Gasteiger partial charge in [0, 0.05) is 30.0 Å². The molecule has 6 rings (SSSR count). The Morgan fingerprint density at radius 2 is 1.52 bits per heavy atom. The fraction of sp³-hybridized carbons (Fsp3) is 0.630. The van der Waals surface area contributed by atoms with Crippen LogP contribution in [0.1, 0.15) is 145 Å². The van der Waals surface area contributed by atoms with E-state index in [9.17, 15) is 27.9 Å². The van der Waals surface area contributed by atoms with Crippen LogP contribution in [0.5, 0.6) is 11.5 Å². The number of hydrogen-bond donors (Lipinski definition) is 1. The van der Waals surface area contributed by atoms with E-state index in [1.165, 1.54) is 77.0 Å². The molecular weight excluding hydrogens is 751 g/mol.